The number of halogens is 1. The van der Waals surface area contributed by atoms with Crippen molar-refractivity contribution in [1.29, 1.82) is 0 Å². The smallest absolute Gasteiger partial charge is 0.187 e. The van der Waals surface area contributed by atoms with E-state index in [0.29, 0.717) is 17.3 Å². The molecule has 0 saturated carbocycles. The van der Waals surface area contributed by atoms with Gasteiger partial charge in [-0.1, -0.05) is 24.6 Å². The molecule has 0 spiro atoms. The molecule has 5 heteroatoms. The maximum absolute atomic E-state index is 12.2. The Hall–Kier alpha value is -1.68. The Kier molecular flexibility index (Phi) is 4.32. The summed E-state index contributed by atoms with van der Waals surface area (Å²) in [5.41, 5.74) is 2.07. The minimum Gasteiger partial charge on any atom is -0.292 e. The molecular formula is C14H16ClN3O. The number of nitrogens with zero attached hydrogens (tertiary/aromatic N) is 3. The third-order valence-electron chi connectivity index (χ3n) is 2.97. The molecule has 0 aliphatic heterocycles. The van der Waals surface area contributed by atoms with Crippen LogP contribution in [-0.2, 0) is 19.4 Å². The van der Waals surface area contributed by atoms with Crippen molar-refractivity contribution in [3.63, 3.8) is 0 Å². The zero-order valence-corrected chi connectivity index (χ0v) is 11.8. The fourth-order valence-electron chi connectivity index (χ4n) is 1.96. The van der Waals surface area contributed by atoms with E-state index in [-0.39, 0.29) is 12.2 Å². The normalized spacial score (nSPS) is 10.7. The molecule has 0 aliphatic carbocycles. The van der Waals surface area contributed by atoms with E-state index in [4.69, 9.17) is 11.6 Å². The van der Waals surface area contributed by atoms with Crippen LogP contribution in [0.5, 0.6) is 0 Å². The second-order valence-electron chi connectivity index (χ2n) is 4.19. The van der Waals surface area contributed by atoms with Gasteiger partial charge in [0, 0.05) is 12.7 Å². The number of pyridine rings is 1. The number of rotatable bonds is 5. The first-order chi connectivity index (χ1) is 9.17. The molecule has 2 heterocycles. The van der Waals surface area contributed by atoms with Crippen LogP contribution >= 0.6 is 11.6 Å². The summed E-state index contributed by atoms with van der Waals surface area (Å²) in [5, 5.41) is 5.01. The van der Waals surface area contributed by atoms with Gasteiger partial charge in [0.15, 0.2) is 5.78 Å². The number of aromatic nitrogens is 3. The SMILES string of the molecule is CCc1nn(CC)c(CC(=O)c2ccccn2)c1Cl. The van der Waals surface area contributed by atoms with Crippen LogP contribution in [0.3, 0.4) is 0 Å². The van der Waals surface area contributed by atoms with E-state index < -0.39 is 0 Å². The molecule has 0 unspecified atom stereocenters. The van der Waals surface area contributed by atoms with Crippen LogP contribution in [0.1, 0.15) is 35.7 Å². The van der Waals surface area contributed by atoms with Crippen molar-refractivity contribution in [2.24, 2.45) is 0 Å². The molecule has 0 N–H and O–H groups in total. The Balaban J connectivity index is 2.28. The van der Waals surface area contributed by atoms with Gasteiger partial charge in [-0.3, -0.25) is 14.5 Å². The maximum atomic E-state index is 12.2. The Bertz CT molecular complexity index is 578. The molecule has 0 amide bonds. The van der Waals surface area contributed by atoms with Crippen LogP contribution in [0.25, 0.3) is 0 Å². The standard InChI is InChI=1S/C14H16ClN3O/c1-3-10-14(15)12(18(4-2)17-10)9-13(19)11-7-5-6-8-16-11/h5-8H,3-4,9H2,1-2H3. The number of hydrogen-bond acceptors (Lipinski definition) is 3. The van der Waals surface area contributed by atoms with E-state index >= 15 is 0 Å². The zero-order chi connectivity index (χ0) is 13.8. The van der Waals surface area contributed by atoms with E-state index in [9.17, 15) is 4.79 Å². The second kappa shape index (κ2) is 5.97. The van der Waals surface area contributed by atoms with Crippen molar-refractivity contribution in [2.45, 2.75) is 33.2 Å². The lowest BCUT2D eigenvalue weighted by Crippen LogP contribution is -2.11. The van der Waals surface area contributed by atoms with Gasteiger partial charge < -0.3 is 0 Å². The number of Topliss-reactive ketones (excluding diaryl/α,β-unsaturated/α-hetero) is 1. The lowest BCUT2D eigenvalue weighted by molar-refractivity contribution is 0.0986. The third-order valence-corrected chi connectivity index (χ3v) is 3.41. The average Bonchev–Trinajstić information content (AvgIpc) is 2.76. The number of carbonyl (C=O) groups excluding carboxylic acids is 1. The molecule has 0 radical (unpaired) electrons. The van der Waals surface area contributed by atoms with Gasteiger partial charge in [0.1, 0.15) is 5.69 Å². The molecule has 0 bridgehead atoms. The molecule has 4 nitrogen and oxygen atoms in total. The molecule has 2 rings (SSSR count). The number of ketones is 1. The third kappa shape index (κ3) is 2.84. The Labute approximate surface area is 117 Å². The predicted octanol–water partition coefficient (Wildman–Crippen LogP) is 2.94. The van der Waals surface area contributed by atoms with Gasteiger partial charge in [0.05, 0.1) is 22.8 Å². The van der Waals surface area contributed by atoms with E-state index in [1.807, 2.05) is 13.8 Å². The highest BCUT2D eigenvalue weighted by molar-refractivity contribution is 6.32. The summed E-state index contributed by atoms with van der Waals surface area (Å²) in [7, 11) is 0. The van der Waals surface area contributed by atoms with Gasteiger partial charge in [-0.25, -0.2) is 0 Å². The largest absolute Gasteiger partial charge is 0.292 e. The fraction of sp³-hybridized carbons (Fsp3) is 0.357. The summed E-state index contributed by atoms with van der Waals surface area (Å²) in [5.74, 6) is -0.0419. The first-order valence-electron chi connectivity index (χ1n) is 6.35. The van der Waals surface area contributed by atoms with Crippen LogP contribution in [-0.4, -0.2) is 20.5 Å². The zero-order valence-electron chi connectivity index (χ0n) is 11.1. The summed E-state index contributed by atoms with van der Waals surface area (Å²) in [6, 6.07) is 5.30. The molecule has 0 saturated heterocycles. The van der Waals surface area contributed by atoms with Gasteiger partial charge in [-0.15, -0.1) is 0 Å². The Morgan fingerprint density at radius 1 is 1.37 bits per heavy atom. The molecule has 0 fully saturated rings. The number of carbonyl (C=O) groups is 1. The molecule has 19 heavy (non-hydrogen) atoms. The molecule has 0 aliphatic rings. The summed E-state index contributed by atoms with van der Waals surface area (Å²) < 4.78 is 1.79. The van der Waals surface area contributed by atoms with Crippen molar-refractivity contribution in [3.05, 3.63) is 46.5 Å². The quantitative estimate of drug-likeness (QED) is 0.790. The van der Waals surface area contributed by atoms with Crippen LogP contribution in [0.4, 0.5) is 0 Å². The number of aryl methyl sites for hydroxylation is 2. The average molecular weight is 278 g/mol. The topological polar surface area (TPSA) is 47.8 Å². The summed E-state index contributed by atoms with van der Waals surface area (Å²) in [6.45, 7) is 4.68. The van der Waals surface area contributed by atoms with Gasteiger partial charge >= 0.3 is 0 Å². The van der Waals surface area contributed by atoms with Crippen LogP contribution in [0, 0.1) is 0 Å². The lowest BCUT2D eigenvalue weighted by Gasteiger charge is -2.04. The van der Waals surface area contributed by atoms with E-state index in [0.717, 1.165) is 17.8 Å². The van der Waals surface area contributed by atoms with Crippen molar-refractivity contribution in [3.8, 4) is 0 Å². The summed E-state index contributed by atoms with van der Waals surface area (Å²) in [4.78, 5) is 16.2. The minimum absolute atomic E-state index is 0.0419. The van der Waals surface area contributed by atoms with Crippen LogP contribution in [0.2, 0.25) is 5.02 Å². The van der Waals surface area contributed by atoms with Crippen molar-refractivity contribution in [2.75, 3.05) is 0 Å². The fourth-order valence-corrected chi connectivity index (χ4v) is 2.29. The van der Waals surface area contributed by atoms with Gasteiger partial charge in [0.25, 0.3) is 0 Å². The molecule has 100 valence electrons. The van der Waals surface area contributed by atoms with Crippen molar-refractivity contribution < 1.29 is 4.79 Å². The van der Waals surface area contributed by atoms with Crippen LogP contribution in [0.15, 0.2) is 24.4 Å². The minimum atomic E-state index is -0.0419. The highest BCUT2D eigenvalue weighted by Crippen LogP contribution is 2.22. The van der Waals surface area contributed by atoms with E-state index in [1.54, 1.807) is 29.1 Å². The highest BCUT2D eigenvalue weighted by Gasteiger charge is 2.18. The van der Waals surface area contributed by atoms with Crippen molar-refractivity contribution >= 4 is 17.4 Å². The first kappa shape index (κ1) is 13.7. The lowest BCUT2D eigenvalue weighted by atomic mass is 10.1. The van der Waals surface area contributed by atoms with Gasteiger partial charge in [0.2, 0.25) is 0 Å². The van der Waals surface area contributed by atoms with Crippen molar-refractivity contribution in [1.82, 2.24) is 14.8 Å². The molecule has 0 aromatic carbocycles. The first-order valence-corrected chi connectivity index (χ1v) is 6.73. The molecule has 2 aromatic heterocycles. The molecular weight excluding hydrogens is 262 g/mol. The maximum Gasteiger partial charge on any atom is 0.187 e. The molecule has 2 aromatic rings. The summed E-state index contributed by atoms with van der Waals surface area (Å²) in [6.07, 6.45) is 2.61. The summed E-state index contributed by atoms with van der Waals surface area (Å²) >= 11 is 6.28. The Morgan fingerprint density at radius 2 is 2.16 bits per heavy atom. The highest BCUT2D eigenvalue weighted by atomic mass is 35.5. The van der Waals surface area contributed by atoms with Gasteiger partial charge in [-0.2, -0.15) is 5.10 Å². The van der Waals surface area contributed by atoms with Crippen LogP contribution < -0.4 is 0 Å². The second-order valence-corrected chi connectivity index (χ2v) is 4.57. The predicted molar refractivity (Wildman–Crippen MR) is 74.6 cm³/mol. The van der Waals surface area contributed by atoms with Gasteiger partial charge in [-0.05, 0) is 25.5 Å². The van der Waals surface area contributed by atoms with E-state index in [2.05, 4.69) is 10.1 Å². The number of hydrogen-bond donors (Lipinski definition) is 0. The monoisotopic (exact) mass is 277 g/mol. The Morgan fingerprint density at radius 3 is 2.74 bits per heavy atom. The molecule has 0 atom stereocenters. The van der Waals surface area contributed by atoms with E-state index in [1.165, 1.54) is 0 Å².